The summed E-state index contributed by atoms with van der Waals surface area (Å²) in [6.07, 6.45) is 0.934. The number of nitrogens with two attached hydrogens (primary N) is 1. The Hall–Kier alpha value is -1.93. The molecule has 1 saturated carbocycles. The van der Waals surface area contributed by atoms with Crippen LogP contribution in [0.2, 0.25) is 0 Å². The molecule has 1 aliphatic rings. The number of Topliss-reactive ketones (excluding diaryl/α,β-unsaturated/α-hetero) is 1. The van der Waals surface area contributed by atoms with Gasteiger partial charge in [0.05, 0.1) is 6.04 Å². The van der Waals surface area contributed by atoms with Crippen molar-refractivity contribution in [3.8, 4) is 0 Å². The highest BCUT2D eigenvalue weighted by molar-refractivity contribution is 5.90. The van der Waals surface area contributed by atoms with Crippen LogP contribution in [-0.2, 0) is 4.79 Å². The highest BCUT2D eigenvalue weighted by Crippen LogP contribution is 2.49. The first-order chi connectivity index (χ1) is 9.27. The molecule has 1 aliphatic carbocycles. The summed E-state index contributed by atoms with van der Waals surface area (Å²) in [5.74, 6) is 0.626. The second kappa shape index (κ2) is 4.98. The Morgan fingerprint density at radius 1 is 1.00 bits per heavy atom. The van der Waals surface area contributed by atoms with Gasteiger partial charge >= 0.3 is 0 Å². The van der Waals surface area contributed by atoms with E-state index in [1.54, 1.807) is 0 Å². The molecule has 1 fully saturated rings. The lowest BCUT2D eigenvalue weighted by Gasteiger charge is -2.10. The first kappa shape index (κ1) is 12.1. The number of carbonyl (C=O) groups excluding carboxylic acids is 1. The summed E-state index contributed by atoms with van der Waals surface area (Å²) in [7, 11) is 0. The van der Waals surface area contributed by atoms with Crippen LogP contribution in [0.25, 0.3) is 0 Å². The molecule has 19 heavy (non-hydrogen) atoms. The van der Waals surface area contributed by atoms with Gasteiger partial charge in [0.15, 0.2) is 5.78 Å². The number of carbonyl (C=O) groups is 1. The van der Waals surface area contributed by atoms with Crippen molar-refractivity contribution >= 4 is 5.78 Å². The third-order valence-corrected chi connectivity index (χ3v) is 3.85. The first-order valence-electron chi connectivity index (χ1n) is 6.66. The van der Waals surface area contributed by atoms with E-state index in [-0.39, 0.29) is 11.7 Å². The van der Waals surface area contributed by atoms with Crippen molar-refractivity contribution in [2.45, 2.75) is 18.4 Å². The maximum Gasteiger partial charge on any atom is 0.157 e. The standard InChI is InChI=1S/C17H17NO/c18-16(13-9-5-2-6-10-13)17(19)15-11-14(15)12-7-3-1-4-8-12/h1-10,14-16H,11,18H2. The number of hydrogen-bond acceptors (Lipinski definition) is 2. The molecule has 2 nitrogen and oxygen atoms in total. The summed E-state index contributed by atoms with van der Waals surface area (Å²) < 4.78 is 0. The lowest BCUT2D eigenvalue weighted by molar-refractivity contribution is -0.121. The zero-order valence-corrected chi connectivity index (χ0v) is 10.7. The van der Waals surface area contributed by atoms with Crippen molar-refractivity contribution in [3.63, 3.8) is 0 Å². The molecule has 3 rings (SSSR count). The molecule has 96 valence electrons. The SMILES string of the molecule is NC(C(=O)C1CC1c1ccccc1)c1ccccc1. The zero-order chi connectivity index (χ0) is 13.2. The molecule has 0 heterocycles. The monoisotopic (exact) mass is 251 g/mol. The van der Waals surface area contributed by atoms with Gasteiger partial charge < -0.3 is 5.73 Å². The Morgan fingerprint density at radius 2 is 1.58 bits per heavy atom. The maximum absolute atomic E-state index is 12.4. The van der Waals surface area contributed by atoms with E-state index in [0.717, 1.165) is 12.0 Å². The van der Waals surface area contributed by atoms with Gasteiger partial charge in [0, 0.05) is 5.92 Å². The minimum Gasteiger partial charge on any atom is -0.318 e. The molecule has 2 heteroatoms. The van der Waals surface area contributed by atoms with Gasteiger partial charge in [-0.15, -0.1) is 0 Å². The van der Waals surface area contributed by atoms with E-state index in [4.69, 9.17) is 5.73 Å². The highest BCUT2D eigenvalue weighted by atomic mass is 16.1. The zero-order valence-electron chi connectivity index (χ0n) is 10.7. The summed E-state index contributed by atoms with van der Waals surface area (Å²) in [5.41, 5.74) is 8.23. The van der Waals surface area contributed by atoms with Crippen molar-refractivity contribution in [1.29, 1.82) is 0 Å². The normalized spacial score (nSPS) is 22.8. The third-order valence-electron chi connectivity index (χ3n) is 3.85. The second-order valence-corrected chi connectivity index (χ2v) is 5.15. The number of rotatable bonds is 4. The van der Waals surface area contributed by atoms with Crippen LogP contribution in [0.1, 0.15) is 29.5 Å². The molecular formula is C17H17NO. The molecule has 0 spiro atoms. The van der Waals surface area contributed by atoms with Gasteiger partial charge in [0.25, 0.3) is 0 Å². The average Bonchev–Trinajstić information content (AvgIpc) is 3.28. The van der Waals surface area contributed by atoms with Crippen LogP contribution in [0.3, 0.4) is 0 Å². The maximum atomic E-state index is 12.4. The number of hydrogen-bond donors (Lipinski definition) is 1. The van der Waals surface area contributed by atoms with E-state index in [0.29, 0.717) is 5.92 Å². The minimum atomic E-state index is -0.486. The predicted octanol–water partition coefficient (Wildman–Crippen LogP) is 3.06. The minimum absolute atomic E-state index is 0.0950. The van der Waals surface area contributed by atoms with Gasteiger partial charge in [-0.25, -0.2) is 0 Å². The molecule has 3 unspecified atom stereocenters. The molecule has 3 atom stereocenters. The van der Waals surface area contributed by atoms with Gasteiger partial charge in [0.2, 0.25) is 0 Å². The van der Waals surface area contributed by atoms with Crippen LogP contribution in [-0.4, -0.2) is 5.78 Å². The summed E-state index contributed by atoms with van der Waals surface area (Å²) in [4.78, 5) is 12.4. The molecule has 2 N–H and O–H groups in total. The Balaban J connectivity index is 1.70. The van der Waals surface area contributed by atoms with E-state index in [1.807, 2.05) is 48.5 Å². The topological polar surface area (TPSA) is 43.1 Å². The van der Waals surface area contributed by atoms with Crippen LogP contribution < -0.4 is 5.73 Å². The van der Waals surface area contributed by atoms with Crippen LogP contribution in [0.4, 0.5) is 0 Å². The smallest absolute Gasteiger partial charge is 0.157 e. The fourth-order valence-corrected chi connectivity index (χ4v) is 2.63. The fraction of sp³-hybridized carbons (Fsp3) is 0.235. The Bertz CT molecular complexity index is 564. The summed E-state index contributed by atoms with van der Waals surface area (Å²) >= 11 is 0. The van der Waals surface area contributed by atoms with E-state index >= 15 is 0 Å². The van der Waals surface area contributed by atoms with Crippen LogP contribution in [0.15, 0.2) is 60.7 Å². The molecule has 0 aromatic heterocycles. The van der Waals surface area contributed by atoms with E-state index in [9.17, 15) is 4.79 Å². The molecular weight excluding hydrogens is 234 g/mol. The molecule has 0 bridgehead atoms. The predicted molar refractivity (Wildman–Crippen MR) is 75.7 cm³/mol. The molecule has 2 aromatic rings. The Labute approximate surface area is 113 Å². The van der Waals surface area contributed by atoms with E-state index < -0.39 is 6.04 Å². The number of ketones is 1. The van der Waals surface area contributed by atoms with Crippen molar-refractivity contribution in [1.82, 2.24) is 0 Å². The summed E-state index contributed by atoms with van der Waals surface area (Å²) in [6, 6.07) is 19.3. The molecule has 0 radical (unpaired) electrons. The van der Waals surface area contributed by atoms with Crippen molar-refractivity contribution in [2.75, 3.05) is 0 Å². The van der Waals surface area contributed by atoms with Gasteiger partial charge in [-0.1, -0.05) is 60.7 Å². The molecule has 0 aliphatic heterocycles. The summed E-state index contributed by atoms with van der Waals surface area (Å²) in [5, 5.41) is 0. The third kappa shape index (κ3) is 2.45. The van der Waals surface area contributed by atoms with Crippen LogP contribution >= 0.6 is 0 Å². The molecule has 0 saturated heterocycles. The van der Waals surface area contributed by atoms with Gasteiger partial charge in [-0.2, -0.15) is 0 Å². The van der Waals surface area contributed by atoms with Gasteiger partial charge in [0.1, 0.15) is 0 Å². The van der Waals surface area contributed by atoms with E-state index in [2.05, 4.69) is 12.1 Å². The van der Waals surface area contributed by atoms with Crippen molar-refractivity contribution in [2.24, 2.45) is 11.7 Å². The lowest BCUT2D eigenvalue weighted by Crippen LogP contribution is -2.23. The second-order valence-electron chi connectivity index (χ2n) is 5.15. The lowest BCUT2D eigenvalue weighted by atomic mass is 9.98. The quantitative estimate of drug-likeness (QED) is 0.907. The Kier molecular flexibility index (Phi) is 3.18. The van der Waals surface area contributed by atoms with Crippen molar-refractivity contribution < 1.29 is 4.79 Å². The average molecular weight is 251 g/mol. The molecule has 2 aromatic carbocycles. The van der Waals surface area contributed by atoms with Crippen molar-refractivity contribution in [3.05, 3.63) is 71.8 Å². The number of benzene rings is 2. The van der Waals surface area contributed by atoms with Crippen LogP contribution in [0, 0.1) is 5.92 Å². The van der Waals surface area contributed by atoms with Crippen LogP contribution in [0.5, 0.6) is 0 Å². The highest BCUT2D eigenvalue weighted by Gasteiger charge is 2.45. The molecule has 0 amide bonds. The Morgan fingerprint density at radius 3 is 2.21 bits per heavy atom. The first-order valence-corrected chi connectivity index (χ1v) is 6.66. The van der Waals surface area contributed by atoms with Gasteiger partial charge in [-0.3, -0.25) is 4.79 Å². The van der Waals surface area contributed by atoms with Gasteiger partial charge in [-0.05, 0) is 23.5 Å². The van der Waals surface area contributed by atoms with E-state index in [1.165, 1.54) is 5.56 Å². The summed E-state index contributed by atoms with van der Waals surface area (Å²) in [6.45, 7) is 0. The largest absolute Gasteiger partial charge is 0.318 e. The fourth-order valence-electron chi connectivity index (χ4n) is 2.63.